The zero-order valence-electron chi connectivity index (χ0n) is 16.4. The van der Waals surface area contributed by atoms with E-state index in [1.807, 2.05) is 19.1 Å². The number of nitrogens with one attached hydrogen (secondary N) is 2. The van der Waals surface area contributed by atoms with Crippen molar-refractivity contribution in [2.45, 2.75) is 19.8 Å². The van der Waals surface area contributed by atoms with Crippen LogP contribution in [0.25, 0.3) is 22.0 Å². The summed E-state index contributed by atoms with van der Waals surface area (Å²) in [6.07, 6.45) is 2.16. The number of amides is 1. The zero-order chi connectivity index (χ0) is 20.7. The van der Waals surface area contributed by atoms with E-state index in [9.17, 15) is 4.79 Å². The normalized spacial score (nSPS) is 13.1. The Labute approximate surface area is 178 Å². The molecule has 0 fully saturated rings. The van der Waals surface area contributed by atoms with Gasteiger partial charge < -0.3 is 0 Å². The number of aromatic amines is 1. The SMILES string of the molecule is CC(=NNC(=O)c1cc(-c2ccc3c4c(cccc24)CC3)n[nH]1)c1ccc(Cl)cc1. The highest BCUT2D eigenvalue weighted by molar-refractivity contribution is 6.30. The number of aryl methyl sites for hydroxylation is 2. The monoisotopic (exact) mass is 414 g/mol. The maximum Gasteiger partial charge on any atom is 0.289 e. The molecule has 0 aliphatic heterocycles. The number of hydrogen-bond donors (Lipinski definition) is 2. The fraction of sp³-hybridized carbons (Fsp3) is 0.125. The fourth-order valence-electron chi connectivity index (χ4n) is 4.00. The molecule has 4 aromatic rings. The Morgan fingerprint density at radius 3 is 2.63 bits per heavy atom. The van der Waals surface area contributed by atoms with E-state index < -0.39 is 0 Å². The molecule has 148 valence electrons. The summed E-state index contributed by atoms with van der Waals surface area (Å²) < 4.78 is 0. The lowest BCUT2D eigenvalue weighted by molar-refractivity contribution is 0.0950. The van der Waals surface area contributed by atoms with Crippen LogP contribution in [-0.4, -0.2) is 21.8 Å². The van der Waals surface area contributed by atoms with Gasteiger partial charge in [0.25, 0.3) is 5.91 Å². The van der Waals surface area contributed by atoms with Crippen LogP contribution in [0.4, 0.5) is 0 Å². The topological polar surface area (TPSA) is 70.1 Å². The summed E-state index contributed by atoms with van der Waals surface area (Å²) in [7, 11) is 0. The lowest BCUT2D eigenvalue weighted by atomic mass is 9.98. The van der Waals surface area contributed by atoms with E-state index in [2.05, 4.69) is 51.1 Å². The van der Waals surface area contributed by atoms with Gasteiger partial charge in [-0.1, -0.05) is 54.1 Å². The first-order chi connectivity index (χ1) is 14.6. The predicted octanol–water partition coefficient (Wildman–Crippen LogP) is 5.14. The minimum absolute atomic E-state index is 0.340. The van der Waals surface area contributed by atoms with Crippen LogP contribution in [0.1, 0.15) is 34.1 Å². The number of hydrogen-bond acceptors (Lipinski definition) is 3. The van der Waals surface area contributed by atoms with Crippen molar-refractivity contribution in [3.63, 3.8) is 0 Å². The summed E-state index contributed by atoms with van der Waals surface area (Å²) in [5.41, 5.74) is 9.05. The number of carbonyl (C=O) groups is 1. The number of aromatic nitrogens is 2. The predicted molar refractivity (Wildman–Crippen MR) is 120 cm³/mol. The number of carbonyl (C=O) groups excluding carboxylic acids is 1. The Balaban J connectivity index is 1.40. The summed E-state index contributed by atoms with van der Waals surface area (Å²) in [6, 6.07) is 19.7. The van der Waals surface area contributed by atoms with Crippen LogP contribution in [0.3, 0.4) is 0 Å². The van der Waals surface area contributed by atoms with Crippen molar-refractivity contribution in [1.29, 1.82) is 0 Å². The fourth-order valence-corrected chi connectivity index (χ4v) is 4.12. The summed E-state index contributed by atoms with van der Waals surface area (Å²) >= 11 is 5.91. The molecule has 1 heterocycles. The molecule has 0 saturated heterocycles. The Morgan fingerprint density at radius 2 is 1.83 bits per heavy atom. The van der Waals surface area contributed by atoms with Gasteiger partial charge in [0, 0.05) is 10.6 Å². The average Bonchev–Trinajstić information content (AvgIpc) is 3.42. The number of hydrazone groups is 1. The molecular formula is C24H19ClN4O. The second kappa shape index (κ2) is 7.43. The third kappa shape index (κ3) is 3.27. The van der Waals surface area contributed by atoms with Crippen LogP contribution in [0.15, 0.2) is 65.8 Å². The molecule has 30 heavy (non-hydrogen) atoms. The molecule has 1 aliphatic carbocycles. The van der Waals surface area contributed by atoms with Crippen molar-refractivity contribution in [3.8, 4) is 11.3 Å². The van der Waals surface area contributed by atoms with Gasteiger partial charge in [0.2, 0.25) is 0 Å². The summed E-state index contributed by atoms with van der Waals surface area (Å²) in [4.78, 5) is 12.6. The summed E-state index contributed by atoms with van der Waals surface area (Å²) in [6.45, 7) is 1.83. The van der Waals surface area contributed by atoms with Crippen LogP contribution in [0.2, 0.25) is 5.02 Å². The number of nitrogens with zero attached hydrogens (tertiary/aromatic N) is 2. The highest BCUT2D eigenvalue weighted by atomic mass is 35.5. The highest BCUT2D eigenvalue weighted by Crippen LogP contribution is 2.36. The van der Waals surface area contributed by atoms with Gasteiger partial charge in [-0.05, 0) is 65.4 Å². The molecular weight excluding hydrogens is 396 g/mol. The van der Waals surface area contributed by atoms with Gasteiger partial charge in [-0.15, -0.1) is 0 Å². The first-order valence-electron chi connectivity index (χ1n) is 9.80. The van der Waals surface area contributed by atoms with Crippen LogP contribution >= 0.6 is 11.6 Å². The number of halogens is 1. The van der Waals surface area contributed by atoms with Gasteiger partial charge in [-0.3, -0.25) is 9.89 Å². The molecule has 0 radical (unpaired) electrons. The van der Waals surface area contributed by atoms with E-state index in [-0.39, 0.29) is 5.91 Å². The van der Waals surface area contributed by atoms with E-state index in [1.165, 1.54) is 21.9 Å². The van der Waals surface area contributed by atoms with Gasteiger partial charge in [0.1, 0.15) is 5.69 Å². The number of benzene rings is 3. The van der Waals surface area contributed by atoms with Crippen molar-refractivity contribution < 1.29 is 4.79 Å². The quantitative estimate of drug-likeness (QED) is 0.358. The van der Waals surface area contributed by atoms with Gasteiger partial charge >= 0.3 is 0 Å². The lowest BCUT2D eigenvalue weighted by Gasteiger charge is -2.06. The van der Waals surface area contributed by atoms with Crippen molar-refractivity contribution >= 4 is 34.0 Å². The van der Waals surface area contributed by atoms with Crippen LogP contribution < -0.4 is 5.43 Å². The van der Waals surface area contributed by atoms with Gasteiger partial charge in [0.15, 0.2) is 0 Å². The van der Waals surface area contributed by atoms with Crippen LogP contribution in [-0.2, 0) is 12.8 Å². The average molecular weight is 415 g/mol. The number of rotatable bonds is 4. The molecule has 0 atom stereocenters. The molecule has 0 bridgehead atoms. The third-order valence-corrected chi connectivity index (χ3v) is 5.81. The van der Waals surface area contributed by atoms with Gasteiger partial charge in [0.05, 0.1) is 11.4 Å². The molecule has 5 rings (SSSR count). The molecule has 5 nitrogen and oxygen atoms in total. The van der Waals surface area contributed by atoms with E-state index in [1.54, 1.807) is 18.2 Å². The van der Waals surface area contributed by atoms with Crippen LogP contribution in [0, 0.1) is 0 Å². The first kappa shape index (κ1) is 18.6. The third-order valence-electron chi connectivity index (χ3n) is 5.56. The molecule has 1 amide bonds. The van der Waals surface area contributed by atoms with Gasteiger partial charge in [-0.25, -0.2) is 5.43 Å². The molecule has 1 aliphatic rings. The molecule has 3 aromatic carbocycles. The molecule has 6 heteroatoms. The van der Waals surface area contributed by atoms with Crippen molar-refractivity contribution in [2.24, 2.45) is 5.10 Å². The van der Waals surface area contributed by atoms with Crippen molar-refractivity contribution in [1.82, 2.24) is 15.6 Å². The second-order valence-electron chi connectivity index (χ2n) is 7.42. The molecule has 1 aromatic heterocycles. The standard InChI is InChI=1S/C24H19ClN4O/c1-14(15-7-10-18(25)11-8-15)26-29-24(30)22-13-21(27-28-22)19-12-9-17-6-5-16-3-2-4-20(19)23(16)17/h2-4,7-13H,5-6H2,1H3,(H,27,28)(H,29,30). The minimum Gasteiger partial charge on any atom is -0.272 e. The Morgan fingerprint density at radius 1 is 1.07 bits per heavy atom. The Hall–Kier alpha value is -3.44. The summed E-state index contributed by atoms with van der Waals surface area (Å²) in [5, 5.41) is 14.6. The molecule has 0 spiro atoms. The Kier molecular flexibility index (Phi) is 4.60. The highest BCUT2D eigenvalue weighted by Gasteiger charge is 2.18. The Bertz CT molecular complexity index is 1290. The van der Waals surface area contributed by atoms with Gasteiger partial charge in [-0.2, -0.15) is 10.2 Å². The maximum absolute atomic E-state index is 12.6. The zero-order valence-corrected chi connectivity index (χ0v) is 17.1. The largest absolute Gasteiger partial charge is 0.289 e. The van der Waals surface area contributed by atoms with E-state index in [4.69, 9.17) is 11.6 Å². The first-order valence-corrected chi connectivity index (χ1v) is 10.2. The van der Waals surface area contributed by atoms with Crippen LogP contribution in [0.5, 0.6) is 0 Å². The second-order valence-corrected chi connectivity index (χ2v) is 7.86. The summed E-state index contributed by atoms with van der Waals surface area (Å²) in [5.74, 6) is -0.340. The van der Waals surface area contributed by atoms with Crippen molar-refractivity contribution in [3.05, 3.63) is 88.1 Å². The maximum atomic E-state index is 12.6. The minimum atomic E-state index is -0.340. The smallest absolute Gasteiger partial charge is 0.272 e. The van der Waals surface area contributed by atoms with E-state index in [0.717, 1.165) is 29.7 Å². The number of H-pyrrole nitrogens is 1. The molecule has 0 unspecified atom stereocenters. The molecule has 2 N–H and O–H groups in total. The molecule has 0 saturated carbocycles. The van der Waals surface area contributed by atoms with Crippen molar-refractivity contribution in [2.75, 3.05) is 0 Å². The van der Waals surface area contributed by atoms with E-state index in [0.29, 0.717) is 16.4 Å². The lowest BCUT2D eigenvalue weighted by Crippen LogP contribution is -2.19. The van der Waals surface area contributed by atoms with E-state index >= 15 is 0 Å².